The van der Waals surface area contributed by atoms with Crippen molar-refractivity contribution in [1.29, 1.82) is 0 Å². The Morgan fingerprint density at radius 2 is 2.11 bits per heavy atom. The Hall–Kier alpha value is -3.47. The van der Waals surface area contributed by atoms with Gasteiger partial charge in [0, 0.05) is 24.7 Å². The maximum absolute atomic E-state index is 12.1. The van der Waals surface area contributed by atoms with Crippen LogP contribution in [0.3, 0.4) is 0 Å². The van der Waals surface area contributed by atoms with Crippen LogP contribution in [0.25, 0.3) is 11.4 Å². The molecule has 1 N–H and O–H groups in total. The van der Waals surface area contributed by atoms with Gasteiger partial charge in [0.15, 0.2) is 11.0 Å². The number of hydrogen-bond acceptors (Lipinski definition) is 8. The Morgan fingerprint density at radius 1 is 1.32 bits per heavy atom. The second-order valence-corrected chi connectivity index (χ2v) is 6.67. The Balaban J connectivity index is 1.61. The first-order valence-electron chi connectivity index (χ1n) is 8.02. The predicted molar refractivity (Wildman–Crippen MR) is 99.7 cm³/mol. The van der Waals surface area contributed by atoms with Gasteiger partial charge in [0.2, 0.25) is 5.91 Å². The summed E-state index contributed by atoms with van der Waals surface area (Å²) in [6.45, 7) is 1.81. The highest BCUT2D eigenvalue weighted by atomic mass is 32.2. The Labute approximate surface area is 163 Å². The highest BCUT2D eigenvalue weighted by Gasteiger charge is 2.17. The number of carbonyl (C=O) groups is 2. The zero-order valence-electron chi connectivity index (χ0n) is 14.9. The average molecular weight is 401 g/mol. The third-order valence-corrected chi connectivity index (χ3v) is 4.86. The molecule has 0 aliphatic carbocycles. The Morgan fingerprint density at radius 3 is 2.79 bits per heavy atom. The fourth-order valence-electron chi connectivity index (χ4n) is 2.42. The van der Waals surface area contributed by atoms with Crippen molar-refractivity contribution in [2.24, 2.45) is 7.05 Å². The molecular formula is C17H15N5O5S. The second kappa shape index (κ2) is 8.05. The number of imide groups is 1. The zero-order chi connectivity index (χ0) is 20.3. The molecule has 10 nitrogen and oxygen atoms in total. The number of hydrogen-bond donors (Lipinski definition) is 1. The molecule has 1 aromatic carbocycles. The largest absolute Gasteiger partial charge is 0.469 e. The highest BCUT2D eigenvalue weighted by molar-refractivity contribution is 7.99. The fraction of sp³-hybridized carbons (Fsp3) is 0.176. The van der Waals surface area contributed by atoms with Gasteiger partial charge in [-0.15, -0.1) is 10.2 Å². The van der Waals surface area contributed by atoms with Crippen LogP contribution in [-0.2, 0) is 11.8 Å². The van der Waals surface area contributed by atoms with Gasteiger partial charge in [0.25, 0.3) is 11.6 Å². The average Bonchev–Trinajstić information content (AvgIpc) is 3.25. The first-order chi connectivity index (χ1) is 13.4. The lowest BCUT2D eigenvalue weighted by atomic mass is 10.2. The van der Waals surface area contributed by atoms with Crippen molar-refractivity contribution >= 4 is 29.3 Å². The van der Waals surface area contributed by atoms with Gasteiger partial charge in [-0.05, 0) is 19.1 Å². The molecule has 0 radical (unpaired) electrons. The number of nitrogens with zero attached hydrogens (tertiary/aromatic N) is 4. The van der Waals surface area contributed by atoms with Crippen molar-refractivity contribution in [2.45, 2.75) is 12.1 Å². The molecule has 2 aromatic heterocycles. The van der Waals surface area contributed by atoms with Crippen molar-refractivity contribution in [3.63, 3.8) is 0 Å². The molecule has 0 bridgehead atoms. The standard InChI is InChI=1S/C17H15N5O5S/c1-10-13(6-7-27-10)15-19-20-17(21(15)2)28-9-14(23)18-16(24)11-4-3-5-12(8-11)22(25)26/h3-8H,9H2,1-2H3,(H,18,23,24). The number of nitro benzene ring substituents is 1. The Kier molecular flexibility index (Phi) is 5.54. The molecule has 3 aromatic rings. The molecule has 2 amide bonds. The minimum absolute atomic E-state index is 0.0314. The van der Waals surface area contributed by atoms with Crippen molar-refractivity contribution in [3.8, 4) is 11.4 Å². The Bertz CT molecular complexity index is 1060. The minimum atomic E-state index is -0.707. The zero-order valence-corrected chi connectivity index (χ0v) is 15.7. The lowest BCUT2D eigenvalue weighted by Gasteiger charge is -2.05. The number of nitro groups is 1. The molecule has 0 aliphatic heterocycles. The van der Waals surface area contributed by atoms with E-state index in [9.17, 15) is 19.7 Å². The van der Waals surface area contributed by atoms with E-state index in [4.69, 9.17) is 4.42 Å². The van der Waals surface area contributed by atoms with E-state index in [2.05, 4.69) is 15.5 Å². The van der Waals surface area contributed by atoms with Gasteiger partial charge in [-0.25, -0.2) is 0 Å². The molecule has 28 heavy (non-hydrogen) atoms. The molecule has 0 fully saturated rings. The van der Waals surface area contributed by atoms with Crippen LogP contribution in [0.4, 0.5) is 5.69 Å². The van der Waals surface area contributed by atoms with Crippen molar-refractivity contribution in [1.82, 2.24) is 20.1 Å². The van der Waals surface area contributed by atoms with Crippen LogP contribution in [0.15, 0.2) is 46.2 Å². The van der Waals surface area contributed by atoms with Gasteiger partial charge in [-0.3, -0.25) is 25.0 Å². The van der Waals surface area contributed by atoms with Crippen molar-refractivity contribution in [2.75, 3.05) is 5.75 Å². The molecule has 3 rings (SSSR count). The smallest absolute Gasteiger partial charge is 0.270 e. The van der Waals surface area contributed by atoms with E-state index in [0.29, 0.717) is 16.7 Å². The molecular weight excluding hydrogens is 386 g/mol. The number of benzene rings is 1. The summed E-state index contributed by atoms with van der Waals surface area (Å²) in [5.74, 6) is -0.0292. The summed E-state index contributed by atoms with van der Waals surface area (Å²) in [7, 11) is 1.76. The van der Waals surface area contributed by atoms with Crippen LogP contribution in [-0.4, -0.2) is 37.3 Å². The topological polar surface area (TPSA) is 133 Å². The predicted octanol–water partition coefficient (Wildman–Crippen LogP) is 2.34. The molecule has 0 aliphatic rings. The lowest BCUT2D eigenvalue weighted by Crippen LogP contribution is -2.31. The minimum Gasteiger partial charge on any atom is -0.469 e. The lowest BCUT2D eigenvalue weighted by molar-refractivity contribution is -0.384. The third-order valence-electron chi connectivity index (χ3n) is 3.84. The number of furan rings is 1. The van der Waals surface area contributed by atoms with Crippen LogP contribution in [0, 0.1) is 17.0 Å². The van der Waals surface area contributed by atoms with E-state index in [0.717, 1.165) is 23.4 Å². The molecule has 0 unspecified atom stereocenters. The number of amides is 2. The van der Waals surface area contributed by atoms with Gasteiger partial charge in [-0.2, -0.15) is 0 Å². The van der Waals surface area contributed by atoms with E-state index in [1.807, 2.05) is 6.92 Å². The van der Waals surface area contributed by atoms with Crippen molar-refractivity contribution in [3.05, 3.63) is 58.0 Å². The number of carbonyl (C=O) groups excluding carboxylic acids is 2. The molecule has 0 saturated heterocycles. The maximum atomic E-state index is 12.1. The third kappa shape index (κ3) is 4.09. The van der Waals surface area contributed by atoms with Crippen LogP contribution < -0.4 is 5.32 Å². The quantitative estimate of drug-likeness (QED) is 0.378. The monoisotopic (exact) mass is 401 g/mol. The number of non-ortho nitro benzene ring substituents is 1. The molecule has 0 saturated carbocycles. The number of nitrogens with one attached hydrogen (secondary N) is 1. The summed E-state index contributed by atoms with van der Waals surface area (Å²) >= 11 is 1.11. The van der Waals surface area contributed by atoms with Gasteiger partial charge in [-0.1, -0.05) is 17.8 Å². The summed E-state index contributed by atoms with van der Waals surface area (Å²) in [5.41, 5.74) is 0.603. The van der Waals surface area contributed by atoms with Gasteiger partial charge in [0.05, 0.1) is 22.5 Å². The van der Waals surface area contributed by atoms with E-state index in [1.54, 1.807) is 23.9 Å². The van der Waals surface area contributed by atoms with E-state index in [1.165, 1.54) is 18.2 Å². The molecule has 11 heteroatoms. The first-order valence-corrected chi connectivity index (χ1v) is 9.00. The summed E-state index contributed by atoms with van der Waals surface area (Å²) < 4.78 is 6.98. The summed E-state index contributed by atoms with van der Waals surface area (Å²) in [6, 6.07) is 6.92. The van der Waals surface area contributed by atoms with Gasteiger partial charge in [0.1, 0.15) is 5.76 Å². The first kappa shape index (κ1) is 19.3. The molecule has 2 heterocycles. The summed E-state index contributed by atoms with van der Waals surface area (Å²) in [6.07, 6.45) is 1.55. The fourth-order valence-corrected chi connectivity index (χ4v) is 3.13. The van der Waals surface area contributed by atoms with Crippen LogP contribution in [0.2, 0.25) is 0 Å². The summed E-state index contributed by atoms with van der Waals surface area (Å²) in [4.78, 5) is 34.3. The van der Waals surface area contributed by atoms with E-state index >= 15 is 0 Å². The van der Waals surface area contributed by atoms with Crippen LogP contribution >= 0.6 is 11.8 Å². The molecule has 0 spiro atoms. The summed E-state index contributed by atoms with van der Waals surface area (Å²) in [5, 5.41) is 21.6. The van der Waals surface area contributed by atoms with Crippen LogP contribution in [0.5, 0.6) is 0 Å². The van der Waals surface area contributed by atoms with Crippen LogP contribution in [0.1, 0.15) is 16.1 Å². The maximum Gasteiger partial charge on any atom is 0.270 e. The highest BCUT2D eigenvalue weighted by Crippen LogP contribution is 2.25. The van der Waals surface area contributed by atoms with E-state index in [-0.39, 0.29) is 17.0 Å². The molecule has 144 valence electrons. The van der Waals surface area contributed by atoms with Gasteiger partial charge >= 0.3 is 0 Å². The van der Waals surface area contributed by atoms with E-state index < -0.39 is 16.7 Å². The number of aryl methyl sites for hydroxylation is 1. The number of aromatic nitrogens is 3. The second-order valence-electron chi connectivity index (χ2n) is 5.73. The van der Waals surface area contributed by atoms with Gasteiger partial charge < -0.3 is 8.98 Å². The normalized spacial score (nSPS) is 10.6. The number of rotatable bonds is 6. The molecule has 0 atom stereocenters. The number of thioether (sulfide) groups is 1. The SMILES string of the molecule is Cc1occc1-c1nnc(SCC(=O)NC(=O)c2cccc([N+](=O)[O-])c2)n1C. The van der Waals surface area contributed by atoms with Crippen molar-refractivity contribution < 1.29 is 18.9 Å².